The molecule has 1 aromatic rings. The third kappa shape index (κ3) is 3.35. The van der Waals surface area contributed by atoms with Crippen molar-refractivity contribution < 1.29 is 4.79 Å². The van der Waals surface area contributed by atoms with E-state index in [9.17, 15) is 4.79 Å². The Labute approximate surface area is 116 Å². The van der Waals surface area contributed by atoms with E-state index in [-0.39, 0.29) is 5.91 Å². The maximum atomic E-state index is 12.5. The Morgan fingerprint density at radius 2 is 2.21 bits per heavy atom. The number of aryl methyl sites for hydroxylation is 2. The number of hydrogen-bond acceptors (Lipinski definition) is 2. The highest BCUT2D eigenvalue weighted by Gasteiger charge is 2.25. The summed E-state index contributed by atoms with van der Waals surface area (Å²) in [6, 6.07) is 6.71. The van der Waals surface area contributed by atoms with Crippen LogP contribution in [-0.4, -0.2) is 36.5 Å². The van der Waals surface area contributed by atoms with E-state index in [1.807, 2.05) is 4.90 Å². The van der Waals surface area contributed by atoms with Crippen molar-refractivity contribution in [3.63, 3.8) is 0 Å². The zero-order valence-corrected chi connectivity index (χ0v) is 12.2. The number of rotatable bonds is 4. The molecule has 1 unspecified atom stereocenters. The van der Waals surface area contributed by atoms with E-state index in [1.54, 1.807) is 0 Å². The van der Waals surface area contributed by atoms with Gasteiger partial charge in [-0.25, -0.2) is 0 Å². The lowest BCUT2D eigenvalue weighted by molar-refractivity contribution is -0.132. The zero-order valence-electron chi connectivity index (χ0n) is 12.2. The first-order chi connectivity index (χ1) is 9.11. The van der Waals surface area contributed by atoms with E-state index in [2.05, 4.69) is 44.3 Å². The molecule has 1 heterocycles. The molecule has 1 aliphatic heterocycles. The lowest BCUT2D eigenvalue weighted by Gasteiger charge is -2.27. The smallest absolute Gasteiger partial charge is 0.227 e. The maximum Gasteiger partial charge on any atom is 0.227 e. The van der Waals surface area contributed by atoms with Crippen LogP contribution in [0.25, 0.3) is 0 Å². The molecule has 1 saturated heterocycles. The van der Waals surface area contributed by atoms with E-state index in [0.717, 1.165) is 31.6 Å². The van der Waals surface area contributed by atoms with Gasteiger partial charge in [0.1, 0.15) is 0 Å². The Bertz CT molecular complexity index is 450. The first kappa shape index (κ1) is 14.1. The molecule has 104 valence electrons. The van der Waals surface area contributed by atoms with Crippen molar-refractivity contribution in [1.29, 1.82) is 0 Å². The van der Waals surface area contributed by atoms with Gasteiger partial charge in [-0.3, -0.25) is 4.79 Å². The van der Waals surface area contributed by atoms with Gasteiger partial charge in [0.25, 0.3) is 0 Å². The van der Waals surface area contributed by atoms with Gasteiger partial charge < -0.3 is 10.2 Å². The van der Waals surface area contributed by atoms with E-state index < -0.39 is 0 Å². The van der Waals surface area contributed by atoms with E-state index in [0.29, 0.717) is 12.5 Å². The van der Waals surface area contributed by atoms with Crippen LogP contribution >= 0.6 is 0 Å². The summed E-state index contributed by atoms with van der Waals surface area (Å²) in [5.41, 5.74) is 3.59. The number of hydrogen-bond donors (Lipinski definition) is 1. The van der Waals surface area contributed by atoms with Crippen molar-refractivity contribution in [2.24, 2.45) is 0 Å². The SMILES string of the molecule is CCN(C(=O)Cc1cc(C)ccc1C)C1CCNC1. The summed E-state index contributed by atoms with van der Waals surface area (Å²) < 4.78 is 0. The molecule has 0 bridgehead atoms. The largest absolute Gasteiger partial charge is 0.338 e. The molecule has 0 saturated carbocycles. The van der Waals surface area contributed by atoms with Crippen LogP contribution in [0.1, 0.15) is 30.0 Å². The van der Waals surface area contributed by atoms with Crippen LogP contribution in [0.3, 0.4) is 0 Å². The first-order valence-electron chi connectivity index (χ1n) is 7.18. The van der Waals surface area contributed by atoms with Gasteiger partial charge in [-0.1, -0.05) is 23.8 Å². The maximum absolute atomic E-state index is 12.5. The fraction of sp³-hybridized carbons (Fsp3) is 0.562. The Kier molecular flexibility index (Phi) is 4.59. The fourth-order valence-corrected chi connectivity index (χ4v) is 2.80. The molecule has 0 aliphatic carbocycles. The monoisotopic (exact) mass is 260 g/mol. The molecule has 19 heavy (non-hydrogen) atoms. The molecule has 1 aliphatic rings. The van der Waals surface area contributed by atoms with Crippen LogP contribution in [0.15, 0.2) is 18.2 Å². The van der Waals surface area contributed by atoms with Crippen molar-refractivity contribution in [2.75, 3.05) is 19.6 Å². The molecule has 1 atom stereocenters. The average molecular weight is 260 g/mol. The Morgan fingerprint density at radius 1 is 1.42 bits per heavy atom. The van der Waals surface area contributed by atoms with Crippen LogP contribution in [-0.2, 0) is 11.2 Å². The molecule has 1 aromatic carbocycles. The van der Waals surface area contributed by atoms with Gasteiger partial charge >= 0.3 is 0 Å². The average Bonchev–Trinajstić information content (AvgIpc) is 2.88. The molecular weight excluding hydrogens is 236 g/mol. The lowest BCUT2D eigenvalue weighted by atomic mass is 10.0. The minimum Gasteiger partial charge on any atom is -0.338 e. The zero-order chi connectivity index (χ0) is 13.8. The second kappa shape index (κ2) is 6.20. The number of nitrogens with one attached hydrogen (secondary N) is 1. The molecule has 3 heteroatoms. The van der Waals surface area contributed by atoms with Crippen LogP contribution in [0.4, 0.5) is 0 Å². The van der Waals surface area contributed by atoms with Gasteiger partial charge in [-0.15, -0.1) is 0 Å². The number of nitrogens with zero attached hydrogens (tertiary/aromatic N) is 1. The second-order valence-corrected chi connectivity index (χ2v) is 5.43. The quantitative estimate of drug-likeness (QED) is 0.898. The summed E-state index contributed by atoms with van der Waals surface area (Å²) in [5, 5.41) is 3.33. The molecule has 0 spiro atoms. The summed E-state index contributed by atoms with van der Waals surface area (Å²) >= 11 is 0. The molecular formula is C16H24N2O. The van der Waals surface area contributed by atoms with Gasteiger partial charge in [-0.05, 0) is 44.9 Å². The van der Waals surface area contributed by atoms with E-state index >= 15 is 0 Å². The van der Waals surface area contributed by atoms with Crippen molar-refractivity contribution in [2.45, 2.75) is 39.7 Å². The highest BCUT2D eigenvalue weighted by atomic mass is 16.2. The molecule has 2 rings (SSSR count). The Hall–Kier alpha value is -1.35. The van der Waals surface area contributed by atoms with E-state index in [1.165, 1.54) is 11.1 Å². The minimum atomic E-state index is 0.255. The van der Waals surface area contributed by atoms with Crippen LogP contribution in [0.2, 0.25) is 0 Å². The number of amides is 1. The predicted molar refractivity (Wildman–Crippen MR) is 78.3 cm³/mol. The van der Waals surface area contributed by atoms with Gasteiger partial charge in [0, 0.05) is 19.1 Å². The second-order valence-electron chi connectivity index (χ2n) is 5.43. The summed E-state index contributed by atoms with van der Waals surface area (Å²) in [6.45, 7) is 8.99. The normalized spacial score (nSPS) is 18.6. The predicted octanol–water partition coefficient (Wildman–Crippen LogP) is 2.06. The van der Waals surface area contributed by atoms with Gasteiger partial charge in [0.2, 0.25) is 5.91 Å². The molecule has 3 nitrogen and oxygen atoms in total. The lowest BCUT2D eigenvalue weighted by Crippen LogP contribution is -2.42. The third-order valence-electron chi connectivity index (χ3n) is 3.98. The Balaban J connectivity index is 2.08. The van der Waals surface area contributed by atoms with Crippen molar-refractivity contribution in [3.8, 4) is 0 Å². The van der Waals surface area contributed by atoms with Crippen LogP contribution in [0.5, 0.6) is 0 Å². The standard InChI is InChI=1S/C16H24N2O/c1-4-18(15-7-8-17-11-15)16(19)10-14-9-12(2)5-6-13(14)3/h5-6,9,15,17H,4,7-8,10-11H2,1-3H3. The highest BCUT2D eigenvalue weighted by molar-refractivity contribution is 5.79. The van der Waals surface area contributed by atoms with Gasteiger partial charge in [-0.2, -0.15) is 0 Å². The van der Waals surface area contributed by atoms with Crippen molar-refractivity contribution in [3.05, 3.63) is 34.9 Å². The summed E-state index contributed by atoms with van der Waals surface area (Å²) in [6.07, 6.45) is 1.60. The molecule has 1 fully saturated rings. The number of benzene rings is 1. The summed E-state index contributed by atoms with van der Waals surface area (Å²) in [4.78, 5) is 14.5. The van der Waals surface area contributed by atoms with Crippen LogP contribution in [0, 0.1) is 13.8 Å². The highest BCUT2D eigenvalue weighted by Crippen LogP contribution is 2.15. The first-order valence-corrected chi connectivity index (χ1v) is 7.18. The molecule has 1 amide bonds. The number of carbonyl (C=O) groups is 1. The van der Waals surface area contributed by atoms with Gasteiger partial charge in [0.15, 0.2) is 0 Å². The topological polar surface area (TPSA) is 32.3 Å². The molecule has 0 aromatic heterocycles. The van der Waals surface area contributed by atoms with Gasteiger partial charge in [0.05, 0.1) is 6.42 Å². The van der Waals surface area contributed by atoms with E-state index in [4.69, 9.17) is 0 Å². The van der Waals surface area contributed by atoms with Crippen molar-refractivity contribution >= 4 is 5.91 Å². The molecule has 0 radical (unpaired) electrons. The molecule has 1 N–H and O–H groups in total. The number of carbonyl (C=O) groups excluding carboxylic acids is 1. The van der Waals surface area contributed by atoms with Crippen molar-refractivity contribution in [1.82, 2.24) is 10.2 Å². The van der Waals surface area contributed by atoms with Crippen LogP contribution < -0.4 is 5.32 Å². The summed E-state index contributed by atoms with van der Waals surface area (Å²) in [7, 11) is 0. The fourth-order valence-electron chi connectivity index (χ4n) is 2.80. The minimum absolute atomic E-state index is 0.255. The Morgan fingerprint density at radius 3 is 2.84 bits per heavy atom. The number of likely N-dealkylation sites (N-methyl/N-ethyl adjacent to an activating group) is 1. The summed E-state index contributed by atoms with van der Waals surface area (Å²) in [5.74, 6) is 0.255. The third-order valence-corrected chi connectivity index (χ3v) is 3.98.